The van der Waals surface area contributed by atoms with Crippen molar-refractivity contribution >= 4 is 18.0 Å². The van der Waals surface area contributed by atoms with E-state index in [2.05, 4.69) is 0 Å². The fraction of sp³-hybridized carbons (Fsp3) is 0.444. The first kappa shape index (κ1) is 18.7. The van der Waals surface area contributed by atoms with Crippen molar-refractivity contribution in [3.8, 4) is 5.75 Å². The number of ether oxygens (including phenoxy) is 3. The molecule has 0 aliphatic rings. The molecular weight excluding hydrogens is 296 g/mol. The summed E-state index contributed by atoms with van der Waals surface area (Å²) in [6.45, 7) is 6.63. The molecule has 0 saturated heterocycles. The van der Waals surface area contributed by atoms with Gasteiger partial charge < -0.3 is 14.2 Å². The molecule has 0 radical (unpaired) electrons. The Morgan fingerprint density at radius 2 is 1.52 bits per heavy atom. The molecule has 0 unspecified atom stereocenters. The molecule has 0 aliphatic carbocycles. The predicted octanol–water partition coefficient (Wildman–Crippen LogP) is 3.38. The standard InChI is InChI=1S/C18H24O5/c1-4-11-22-17(19)15(18(20)23-12-5-2)13-14-9-7-8-10-16(14)21-6-3/h7-10,13H,4-6,11-12H2,1-3H3. The van der Waals surface area contributed by atoms with Gasteiger partial charge in [-0.15, -0.1) is 0 Å². The van der Waals surface area contributed by atoms with Gasteiger partial charge in [-0.3, -0.25) is 0 Å². The van der Waals surface area contributed by atoms with Crippen LogP contribution in [0.3, 0.4) is 0 Å². The van der Waals surface area contributed by atoms with E-state index in [0.717, 1.165) is 0 Å². The van der Waals surface area contributed by atoms with Gasteiger partial charge in [-0.2, -0.15) is 0 Å². The van der Waals surface area contributed by atoms with Crippen LogP contribution in [0.1, 0.15) is 39.2 Å². The summed E-state index contributed by atoms with van der Waals surface area (Å²) in [5, 5.41) is 0. The van der Waals surface area contributed by atoms with E-state index in [0.29, 0.717) is 30.8 Å². The third-order valence-electron chi connectivity index (χ3n) is 2.83. The first-order valence-corrected chi connectivity index (χ1v) is 7.91. The lowest BCUT2D eigenvalue weighted by atomic mass is 10.1. The quantitative estimate of drug-likeness (QED) is 0.302. The number of esters is 2. The molecule has 0 amide bonds. The largest absolute Gasteiger partial charge is 0.493 e. The Bertz CT molecular complexity index is 526. The second kappa shape index (κ2) is 10.4. The van der Waals surface area contributed by atoms with Crippen LogP contribution in [0.4, 0.5) is 0 Å². The highest BCUT2D eigenvalue weighted by atomic mass is 16.6. The van der Waals surface area contributed by atoms with Crippen LogP contribution in [-0.2, 0) is 19.1 Å². The number of rotatable bonds is 9. The Kier molecular flexibility index (Phi) is 8.50. The molecule has 0 bridgehead atoms. The molecule has 0 saturated carbocycles. The zero-order chi connectivity index (χ0) is 17.1. The molecule has 5 heteroatoms. The van der Waals surface area contributed by atoms with Crippen molar-refractivity contribution in [2.24, 2.45) is 0 Å². The molecule has 1 aromatic rings. The zero-order valence-corrected chi connectivity index (χ0v) is 14.0. The van der Waals surface area contributed by atoms with Gasteiger partial charge in [-0.25, -0.2) is 9.59 Å². The molecule has 126 valence electrons. The summed E-state index contributed by atoms with van der Waals surface area (Å²) in [6.07, 6.45) is 2.82. The highest BCUT2D eigenvalue weighted by molar-refractivity contribution is 6.17. The van der Waals surface area contributed by atoms with Crippen LogP contribution in [0.25, 0.3) is 6.08 Å². The average Bonchev–Trinajstić information content (AvgIpc) is 2.56. The zero-order valence-electron chi connectivity index (χ0n) is 14.0. The number of benzene rings is 1. The number of carbonyl (C=O) groups excluding carboxylic acids is 2. The van der Waals surface area contributed by atoms with Crippen molar-refractivity contribution in [2.75, 3.05) is 19.8 Å². The first-order chi connectivity index (χ1) is 11.1. The summed E-state index contributed by atoms with van der Waals surface area (Å²) in [7, 11) is 0. The molecule has 0 spiro atoms. The molecule has 0 atom stereocenters. The molecule has 1 aromatic carbocycles. The van der Waals surface area contributed by atoms with E-state index in [1.807, 2.05) is 26.8 Å². The van der Waals surface area contributed by atoms with Gasteiger partial charge >= 0.3 is 11.9 Å². The van der Waals surface area contributed by atoms with Crippen molar-refractivity contribution in [2.45, 2.75) is 33.6 Å². The maximum absolute atomic E-state index is 12.1. The van der Waals surface area contributed by atoms with Crippen LogP contribution >= 0.6 is 0 Å². The number of hydrogen-bond acceptors (Lipinski definition) is 5. The summed E-state index contributed by atoms with van der Waals surface area (Å²) >= 11 is 0. The normalized spacial score (nSPS) is 9.87. The molecule has 0 heterocycles. The minimum atomic E-state index is -0.681. The van der Waals surface area contributed by atoms with E-state index in [-0.39, 0.29) is 18.8 Å². The molecular formula is C18H24O5. The molecule has 23 heavy (non-hydrogen) atoms. The summed E-state index contributed by atoms with van der Waals surface area (Å²) in [4.78, 5) is 24.3. The Morgan fingerprint density at radius 1 is 0.957 bits per heavy atom. The van der Waals surface area contributed by atoms with Crippen LogP contribution in [0.5, 0.6) is 5.75 Å². The van der Waals surface area contributed by atoms with Crippen molar-refractivity contribution in [1.29, 1.82) is 0 Å². The van der Waals surface area contributed by atoms with Crippen LogP contribution in [0, 0.1) is 0 Å². The molecule has 0 aromatic heterocycles. The monoisotopic (exact) mass is 320 g/mol. The van der Waals surface area contributed by atoms with Gasteiger partial charge in [0.15, 0.2) is 0 Å². The Morgan fingerprint density at radius 3 is 2.04 bits per heavy atom. The topological polar surface area (TPSA) is 61.8 Å². The molecule has 0 aliphatic heterocycles. The minimum absolute atomic E-state index is 0.126. The van der Waals surface area contributed by atoms with Gasteiger partial charge in [-0.05, 0) is 31.9 Å². The first-order valence-electron chi connectivity index (χ1n) is 7.91. The lowest BCUT2D eigenvalue weighted by molar-refractivity contribution is -0.147. The fourth-order valence-corrected chi connectivity index (χ4v) is 1.79. The van der Waals surface area contributed by atoms with E-state index in [4.69, 9.17) is 14.2 Å². The molecule has 0 N–H and O–H groups in total. The van der Waals surface area contributed by atoms with Gasteiger partial charge in [0.05, 0.1) is 19.8 Å². The van der Waals surface area contributed by atoms with Gasteiger partial charge in [-0.1, -0.05) is 32.0 Å². The van der Waals surface area contributed by atoms with Crippen molar-refractivity contribution in [3.63, 3.8) is 0 Å². The SMILES string of the molecule is CCCOC(=O)C(=Cc1ccccc1OCC)C(=O)OCCC. The smallest absolute Gasteiger partial charge is 0.345 e. The lowest BCUT2D eigenvalue weighted by Gasteiger charge is -2.10. The van der Waals surface area contributed by atoms with E-state index in [1.54, 1.807) is 18.2 Å². The maximum Gasteiger partial charge on any atom is 0.345 e. The molecule has 0 fully saturated rings. The van der Waals surface area contributed by atoms with Crippen molar-refractivity contribution in [3.05, 3.63) is 35.4 Å². The van der Waals surface area contributed by atoms with Crippen LogP contribution in [0.2, 0.25) is 0 Å². The van der Waals surface area contributed by atoms with Gasteiger partial charge in [0.1, 0.15) is 11.3 Å². The van der Waals surface area contributed by atoms with E-state index in [9.17, 15) is 9.59 Å². The second-order valence-electron chi connectivity index (χ2n) is 4.80. The highest BCUT2D eigenvalue weighted by Crippen LogP contribution is 2.22. The van der Waals surface area contributed by atoms with E-state index in [1.165, 1.54) is 6.08 Å². The minimum Gasteiger partial charge on any atom is -0.493 e. The molecule has 1 rings (SSSR count). The predicted molar refractivity (Wildman–Crippen MR) is 88.1 cm³/mol. The van der Waals surface area contributed by atoms with Crippen LogP contribution in [-0.4, -0.2) is 31.8 Å². The maximum atomic E-state index is 12.1. The average molecular weight is 320 g/mol. The lowest BCUT2D eigenvalue weighted by Crippen LogP contribution is -2.19. The Labute approximate surface area is 137 Å². The summed E-state index contributed by atoms with van der Waals surface area (Å²) in [5.74, 6) is -0.766. The fourth-order valence-electron chi connectivity index (χ4n) is 1.79. The Balaban J connectivity index is 3.11. The van der Waals surface area contributed by atoms with Gasteiger partial charge in [0, 0.05) is 5.56 Å². The number of para-hydroxylation sites is 1. The summed E-state index contributed by atoms with van der Waals surface area (Å²) < 4.78 is 15.7. The third kappa shape index (κ3) is 6.14. The third-order valence-corrected chi connectivity index (χ3v) is 2.83. The van der Waals surface area contributed by atoms with Crippen LogP contribution in [0.15, 0.2) is 29.8 Å². The Hall–Kier alpha value is -2.30. The van der Waals surface area contributed by atoms with Crippen molar-refractivity contribution < 1.29 is 23.8 Å². The van der Waals surface area contributed by atoms with E-state index >= 15 is 0 Å². The van der Waals surface area contributed by atoms with E-state index < -0.39 is 11.9 Å². The highest BCUT2D eigenvalue weighted by Gasteiger charge is 2.22. The van der Waals surface area contributed by atoms with Crippen LogP contribution < -0.4 is 4.74 Å². The van der Waals surface area contributed by atoms with Gasteiger partial charge in [0.2, 0.25) is 0 Å². The summed E-state index contributed by atoms with van der Waals surface area (Å²) in [6, 6.07) is 7.18. The molecule has 5 nitrogen and oxygen atoms in total. The number of hydrogen-bond donors (Lipinski definition) is 0. The summed E-state index contributed by atoms with van der Waals surface area (Å²) in [5.41, 5.74) is 0.505. The van der Waals surface area contributed by atoms with Crippen molar-refractivity contribution in [1.82, 2.24) is 0 Å². The number of carbonyl (C=O) groups is 2. The second-order valence-corrected chi connectivity index (χ2v) is 4.80. The van der Waals surface area contributed by atoms with Gasteiger partial charge in [0.25, 0.3) is 0 Å².